The molecule has 2 aromatic rings. The first-order valence-corrected chi connectivity index (χ1v) is 7.32. The second kappa shape index (κ2) is 6.53. The van der Waals surface area contributed by atoms with Crippen LogP contribution in [0.3, 0.4) is 0 Å². The molecule has 21 heavy (non-hydrogen) atoms. The molecule has 0 radical (unpaired) electrons. The van der Waals surface area contributed by atoms with E-state index in [0.29, 0.717) is 6.54 Å². The summed E-state index contributed by atoms with van der Waals surface area (Å²) in [6.45, 7) is 8.25. The molecule has 6 nitrogen and oxygen atoms in total. The van der Waals surface area contributed by atoms with Crippen molar-refractivity contribution in [3.8, 4) is 0 Å². The molecular weight excluding hydrogens is 288 g/mol. The van der Waals surface area contributed by atoms with Crippen molar-refractivity contribution in [2.75, 3.05) is 0 Å². The van der Waals surface area contributed by atoms with Crippen LogP contribution in [0.5, 0.6) is 0 Å². The van der Waals surface area contributed by atoms with Crippen LogP contribution in [0.15, 0.2) is 42.1 Å². The molecule has 0 saturated carbocycles. The minimum Gasteiger partial charge on any atom is -0.302 e. The zero-order valence-corrected chi connectivity index (χ0v) is 12.7. The number of rotatable bonds is 6. The Morgan fingerprint density at radius 1 is 1.52 bits per heavy atom. The highest BCUT2D eigenvalue weighted by molar-refractivity contribution is 7.99. The fourth-order valence-corrected chi connectivity index (χ4v) is 2.93. The Morgan fingerprint density at radius 3 is 2.95 bits per heavy atom. The highest BCUT2D eigenvalue weighted by Gasteiger charge is 2.16. The zero-order valence-electron chi connectivity index (χ0n) is 11.9. The lowest BCUT2D eigenvalue weighted by Gasteiger charge is -2.12. The van der Waals surface area contributed by atoms with Crippen LogP contribution in [-0.4, -0.2) is 19.7 Å². The topological polar surface area (TPSA) is 73.8 Å². The van der Waals surface area contributed by atoms with Crippen molar-refractivity contribution >= 4 is 17.4 Å². The lowest BCUT2D eigenvalue weighted by molar-refractivity contribution is -0.384. The van der Waals surface area contributed by atoms with Crippen molar-refractivity contribution in [1.29, 1.82) is 0 Å². The summed E-state index contributed by atoms with van der Waals surface area (Å²) in [5, 5.41) is 19.9. The smallest absolute Gasteiger partial charge is 0.269 e. The lowest BCUT2D eigenvalue weighted by Crippen LogP contribution is -2.01. The van der Waals surface area contributed by atoms with E-state index in [-0.39, 0.29) is 15.9 Å². The molecule has 0 bridgehead atoms. The van der Waals surface area contributed by atoms with Crippen LogP contribution >= 0.6 is 11.8 Å². The normalized spacial score (nSPS) is 12.1. The zero-order chi connectivity index (χ0) is 15.4. The van der Waals surface area contributed by atoms with E-state index in [9.17, 15) is 10.1 Å². The lowest BCUT2D eigenvalue weighted by atomic mass is 10.1. The Hall–Kier alpha value is -2.15. The number of nitro groups is 1. The molecule has 1 aromatic heterocycles. The van der Waals surface area contributed by atoms with Gasteiger partial charge in [0.15, 0.2) is 5.16 Å². The minimum absolute atomic E-state index is 0.0389. The first-order valence-electron chi connectivity index (χ1n) is 6.44. The molecule has 0 N–H and O–H groups in total. The van der Waals surface area contributed by atoms with Crippen molar-refractivity contribution in [3.63, 3.8) is 0 Å². The summed E-state index contributed by atoms with van der Waals surface area (Å²) in [5.74, 6) is 0.823. The van der Waals surface area contributed by atoms with E-state index in [1.165, 1.54) is 17.8 Å². The largest absolute Gasteiger partial charge is 0.302 e. The van der Waals surface area contributed by atoms with Crippen molar-refractivity contribution in [2.24, 2.45) is 0 Å². The van der Waals surface area contributed by atoms with Gasteiger partial charge in [0, 0.05) is 23.9 Å². The van der Waals surface area contributed by atoms with Crippen LogP contribution in [0, 0.1) is 17.0 Å². The van der Waals surface area contributed by atoms with Gasteiger partial charge in [0.25, 0.3) is 5.69 Å². The summed E-state index contributed by atoms with van der Waals surface area (Å²) < 4.78 is 1.96. The van der Waals surface area contributed by atoms with Crippen molar-refractivity contribution in [2.45, 2.75) is 30.8 Å². The number of hydrogen-bond donors (Lipinski definition) is 0. The van der Waals surface area contributed by atoms with Gasteiger partial charge in [-0.1, -0.05) is 30.0 Å². The number of allylic oxidation sites excluding steroid dienone is 1. The number of thioether (sulfide) groups is 1. The maximum Gasteiger partial charge on any atom is 0.269 e. The van der Waals surface area contributed by atoms with Gasteiger partial charge in [-0.25, -0.2) is 0 Å². The van der Waals surface area contributed by atoms with Gasteiger partial charge in [0.05, 0.1) is 4.92 Å². The molecule has 1 heterocycles. The number of hydrogen-bond acceptors (Lipinski definition) is 5. The average Bonchev–Trinajstić information content (AvgIpc) is 2.81. The molecule has 1 unspecified atom stereocenters. The molecular formula is C14H16N4O2S. The van der Waals surface area contributed by atoms with E-state index >= 15 is 0 Å². The molecule has 0 aliphatic heterocycles. The van der Waals surface area contributed by atoms with Crippen molar-refractivity contribution in [1.82, 2.24) is 14.8 Å². The third kappa shape index (κ3) is 3.49. The Balaban J connectivity index is 2.21. The van der Waals surface area contributed by atoms with E-state index in [1.54, 1.807) is 18.2 Å². The van der Waals surface area contributed by atoms with Crippen molar-refractivity contribution in [3.05, 3.63) is 58.4 Å². The van der Waals surface area contributed by atoms with Crippen LogP contribution in [0.4, 0.5) is 5.69 Å². The second-order valence-corrected chi connectivity index (χ2v) is 5.85. The fourth-order valence-electron chi connectivity index (χ4n) is 1.91. The van der Waals surface area contributed by atoms with Crippen LogP contribution in [0.2, 0.25) is 0 Å². The predicted molar refractivity (Wildman–Crippen MR) is 82.3 cm³/mol. The number of nitrogens with zero attached hydrogens (tertiary/aromatic N) is 4. The van der Waals surface area contributed by atoms with Crippen molar-refractivity contribution < 1.29 is 4.92 Å². The molecule has 7 heteroatoms. The molecule has 0 amide bonds. The monoisotopic (exact) mass is 304 g/mol. The third-order valence-electron chi connectivity index (χ3n) is 3.05. The van der Waals surface area contributed by atoms with Gasteiger partial charge in [0.1, 0.15) is 5.82 Å². The van der Waals surface area contributed by atoms with E-state index in [0.717, 1.165) is 16.5 Å². The van der Waals surface area contributed by atoms with Gasteiger partial charge in [-0.3, -0.25) is 10.1 Å². The Morgan fingerprint density at radius 2 is 2.29 bits per heavy atom. The first kappa shape index (κ1) is 15.2. The first-order chi connectivity index (χ1) is 10.0. The fraction of sp³-hybridized carbons (Fsp3) is 0.286. The average molecular weight is 304 g/mol. The molecule has 0 spiro atoms. The SMILES string of the molecule is C=CCn1c(C)nnc1SC(C)c1cccc([N+](=O)[O-])c1. The molecule has 2 rings (SSSR count). The summed E-state index contributed by atoms with van der Waals surface area (Å²) >= 11 is 1.52. The minimum atomic E-state index is -0.384. The van der Waals surface area contributed by atoms with Gasteiger partial charge >= 0.3 is 0 Å². The van der Waals surface area contributed by atoms with Gasteiger partial charge in [-0.05, 0) is 19.4 Å². The number of non-ortho nitro benzene ring substituents is 1. The quantitative estimate of drug-likeness (QED) is 0.353. The van der Waals surface area contributed by atoms with Crippen LogP contribution < -0.4 is 0 Å². The van der Waals surface area contributed by atoms with E-state index in [2.05, 4.69) is 16.8 Å². The molecule has 0 saturated heterocycles. The number of benzene rings is 1. The van der Waals surface area contributed by atoms with E-state index in [1.807, 2.05) is 24.5 Å². The van der Waals surface area contributed by atoms with Gasteiger partial charge < -0.3 is 4.57 Å². The van der Waals surface area contributed by atoms with Gasteiger partial charge in [-0.2, -0.15) is 0 Å². The number of aromatic nitrogens is 3. The molecule has 0 aliphatic carbocycles. The maximum absolute atomic E-state index is 10.8. The number of nitro benzene ring substituents is 1. The van der Waals surface area contributed by atoms with Crippen LogP contribution in [-0.2, 0) is 6.54 Å². The standard InChI is InChI=1S/C14H16N4O2S/c1-4-8-17-11(3)15-16-14(17)21-10(2)12-6-5-7-13(9-12)18(19)20/h4-7,9-10H,1,8H2,2-3H3. The molecule has 1 aromatic carbocycles. The third-order valence-corrected chi connectivity index (χ3v) is 4.18. The van der Waals surface area contributed by atoms with Crippen LogP contribution in [0.1, 0.15) is 23.6 Å². The summed E-state index contributed by atoms with van der Waals surface area (Å²) in [7, 11) is 0. The molecule has 0 aliphatic rings. The number of aryl methyl sites for hydroxylation is 1. The maximum atomic E-state index is 10.8. The summed E-state index contributed by atoms with van der Waals surface area (Å²) in [6.07, 6.45) is 1.79. The summed E-state index contributed by atoms with van der Waals surface area (Å²) in [5.41, 5.74) is 0.990. The Labute approximate surface area is 127 Å². The highest BCUT2D eigenvalue weighted by atomic mass is 32.2. The highest BCUT2D eigenvalue weighted by Crippen LogP contribution is 2.35. The molecule has 110 valence electrons. The Bertz CT molecular complexity index is 669. The van der Waals surface area contributed by atoms with Gasteiger partial charge in [0.2, 0.25) is 0 Å². The van der Waals surface area contributed by atoms with E-state index < -0.39 is 0 Å². The van der Waals surface area contributed by atoms with Crippen LogP contribution in [0.25, 0.3) is 0 Å². The summed E-state index contributed by atoms with van der Waals surface area (Å²) in [4.78, 5) is 10.5. The van der Waals surface area contributed by atoms with E-state index in [4.69, 9.17) is 0 Å². The van der Waals surface area contributed by atoms with Gasteiger partial charge in [-0.15, -0.1) is 16.8 Å². The second-order valence-electron chi connectivity index (χ2n) is 4.54. The Kier molecular flexibility index (Phi) is 4.74. The predicted octanol–water partition coefficient (Wildman–Crippen LogP) is 3.53. The summed E-state index contributed by atoms with van der Waals surface area (Å²) in [6, 6.07) is 6.67. The molecule has 0 fully saturated rings. The molecule has 1 atom stereocenters.